The van der Waals surface area contributed by atoms with E-state index >= 15 is 0 Å². The van der Waals surface area contributed by atoms with Crippen LogP contribution in [0.4, 0.5) is 0 Å². The zero-order chi connectivity index (χ0) is 11.3. The summed E-state index contributed by atoms with van der Waals surface area (Å²) in [6, 6.07) is 9.52. The van der Waals surface area contributed by atoms with Crippen LogP contribution in [0.25, 0.3) is 5.03 Å². The molecule has 0 aliphatic heterocycles. The number of aliphatic hydroxyl groups excluding tert-OH is 1. The van der Waals surface area contributed by atoms with Gasteiger partial charge in [-0.1, -0.05) is 48.5 Å². The summed E-state index contributed by atoms with van der Waals surface area (Å²) in [6.07, 6.45) is 0.746. The van der Waals surface area contributed by atoms with Crippen LogP contribution in [0.1, 0.15) is 12.5 Å². The van der Waals surface area contributed by atoms with E-state index in [2.05, 4.69) is 12.3 Å². The quantitative estimate of drug-likeness (QED) is 0.775. The highest BCUT2D eigenvalue weighted by atomic mass is 35.5. The molecule has 1 rings (SSSR count). The van der Waals surface area contributed by atoms with E-state index in [1.54, 1.807) is 6.92 Å². The molecule has 0 fully saturated rings. The second-order valence-electron chi connectivity index (χ2n) is 3.18. The zero-order valence-electron chi connectivity index (χ0n) is 8.57. The molecule has 78 valence electrons. The molecule has 1 aromatic carbocycles. The van der Waals surface area contributed by atoms with Crippen molar-refractivity contribution >= 4 is 16.6 Å². The van der Waals surface area contributed by atoms with Gasteiger partial charge in [-0.25, -0.2) is 0 Å². The Bertz CT molecular complexity index is 400. The van der Waals surface area contributed by atoms with E-state index in [-0.39, 0.29) is 0 Å². The van der Waals surface area contributed by atoms with Gasteiger partial charge in [0.2, 0.25) is 0 Å². The predicted octanol–water partition coefficient (Wildman–Crippen LogP) is 3.36. The second-order valence-corrected chi connectivity index (χ2v) is 3.56. The molecule has 0 aliphatic carbocycles. The lowest BCUT2D eigenvalue weighted by Crippen LogP contribution is -2.04. The van der Waals surface area contributed by atoms with Gasteiger partial charge in [0.1, 0.15) is 6.10 Å². The van der Waals surface area contributed by atoms with E-state index in [0.29, 0.717) is 10.6 Å². The lowest BCUT2D eigenvalue weighted by molar-refractivity contribution is 0.260. The summed E-state index contributed by atoms with van der Waals surface area (Å²) < 4.78 is 0. The van der Waals surface area contributed by atoms with Gasteiger partial charge in [-0.05, 0) is 24.1 Å². The third-order valence-corrected chi connectivity index (χ3v) is 2.61. The van der Waals surface area contributed by atoms with Crippen LogP contribution in [0.2, 0.25) is 0 Å². The van der Waals surface area contributed by atoms with Crippen molar-refractivity contribution in [3.63, 3.8) is 0 Å². The maximum Gasteiger partial charge on any atom is 0.102 e. The van der Waals surface area contributed by atoms with Crippen molar-refractivity contribution in [2.75, 3.05) is 0 Å². The molecule has 1 atom stereocenters. The number of rotatable bonds is 3. The summed E-state index contributed by atoms with van der Waals surface area (Å²) in [4.78, 5) is 0. The Morgan fingerprint density at radius 1 is 1.47 bits per heavy atom. The molecule has 0 amide bonds. The van der Waals surface area contributed by atoms with Crippen LogP contribution in [-0.4, -0.2) is 11.2 Å². The highest BCUT2D eigenvalue weighted by molar-refractivity contribution is 6.49. The van der Waals surface area contributed by atoms with Gasteiger partial charge in [-0.15, -0.1) is 5.73 Å². The number of hydrogen-bond acceptors (Lipinski definition) is 1. The third kappa shape index (κ3) is 3.10. The van der Waals surface area contributed by atoms with E-state index < -0.39 is 6.10 Å². The summed E-state index contributed by atoms with van der Waals surface area (Å²) in [7, 11) is 0. The second kappa shape index (κ2) is 5.57. The number of benzene rings is 1. The van der Waals surface area contributed by atoms with Crippen molar-refractivity contribution in [3.05, 3.63) is 59.9 Å². The van der Waals surface area contributed by atoms with Crippen LogP contribution >= 0.6 is 11.6 Å². The van der Waals surface area contributed by atoms with Crippen LogP contribution < -0.4 is 0 Å². The Hall–Kier alpha value is -1.27. The summed E-state index contributed by atoms with van der Waals surface area (Å²) in [5.41, 5.74) is 4.13. The minimum atomic E-state index is -0.727. The summed E-state index contributed by atoms with van der Waals surface area (Å²) >= 11 is 6.14. The maximum atomic E-state index is 9.65. The van der Waals surface area contributed by atoms with E-state index in [9.17, 15) is 5.11 Å². The fraction of sp³-hybridized carbons (Fsp3) is 0.154. The van der Waals surface area contributed by atoms with Gasteiger partial charge in [-0.2, -0.15) is 0 Å². The molecule has 0 aliphatic rings. The molecule has 0 saturated heterocycles. The normalized spacial score (nSPS) is 13.8. The van der Waals surface area contributed by atoms with Gasteiger partial charge in [0.05, 0.1) is 0 Å². The van der Waals surface area contributed by atoms with Crippen LogP contribution in [-0.2, 0) is 0 Å². The Balaban J connectivity index is 3.05. The van der Waals surface area contributed by atoms with E-state index in [1.807, 2.05) is 30.3 Å². The molecule has 0 aromatic heterocycles. The standard InChI is InChI=1S/C13H13ClO/c1-3-7-12(15)10(2)13(14)11-8-5-4-6-9-11/h4-9,12,15H,1H2,2H3/b13-10-. The Morgan fingerprint density at radius 2 is 2.07 bits per heavy atom. The Kier molecular flexibility index (Phi) is 4.38. The largest absolute Gasteiger partial charge is 0.384 e. The van der Waals surface area contributed by atoms with Crippen molar-refractivity contribution in [3.8, 4) is 0 Å². The fourth-order valence-electron chi connectivity index (χ4n) is 1.18. The molecular weight excluding hydrogens is 208 g/mol. The first-order valence-corrected chi connectivity index (χ1v) is 5.00. The van der Waals surface area contributed by atoms with Gasteiger partial charge >= 0.3 is 0 Å². The van der Waals surface area contributed by atoms with Crippen LogP contribution in [0, 0.1) is 0 Å². The highest BCUT2D eigenvalue weighted by Crippen LogP contribution is 2.24. The van der Waals surface area contributed by atoms with E-state index in [1.165, 1.54) is 6.08 Å². The molecule has 0 bridgehead atoms. The molecule has 15 heavy (non-hydrogen) atoms. The lowest BCUT2D eigenvalue weighted by atomic mass is 10.1. The summed E-state index contributed by atoms with van der Waals surface area (Å²) in [5, 5.41) is 10.2. The molecule has 1 nitrogen and oxygen atoms in total. The van der Waals surface area contributed by atoms with Gasteiger partial charge in [0.25, 0.3) is 0 Å². The molecule has 1 unspecified atom stereocenters. The molecule has 1 aromatic rings. The molecule has 1 N–H and O–H groups in total. The molecule has 0 radical (unpaired) electrons. The van der Waals surface area contributed by atoms with Crippen LogP contribution in [0.15, 0.2) is 54.3 Å². The smallest absolute Gasteiger partial charge is 0.102 e. The molecule has 0 spiro atoms. The van der Waals surface area contributed by atoms with Crippen LogP contribution in [0.3, 0.4) is 0 Å². The topological polar surface area (TPSA) is 20.2 Å². The van der Waals surface area contributed by atoms with Gasteiger partial charge in [0.15, 0.2) is 0 Å². The van der Waals surface area contributed by atoms with Crippen molar-refractivity contribution in [1.29, 1.82) is 0 Å². The number of halogens is 1. The van der Waals surface area contributed by atoms with E-state index in [4.69, 9.17) is 11.6 Å². The fourth-order valence-corrected chi connectivity index (χ4v) is 1.42. The lowest BCUT2D eigenvalue weighted by Gasteiger charge is -2.08. The van der Waals surface area contributed by atoms with Crippen molar-refractivity contribution in [1.82, 2.24) is 0 Å². The molecule has 0 heterocycles. The van der Waals surface area contributed by atoms with Gasteiger partial charge < -0.3 is 5.11 Å². The Morgan fingerprint density at radius 3 is 2.60 bits per heavy atom. The van der Waals surface area contributed by atoms with Crippen LogP contribution in [0.5, 0.6) is 0 Å². The van der Waals surface area contributed by atoms with E-state index in [0.717, 1.165) is 5.56 Å². The average Bonchev–Trinajstić information content (AvgIpc) is 2.28. The van der Waals surface area contributed by atoms with Gasteiger partial charge in [-0.3, -0.25) is 0 Å². The maximum absolute atomic E-state index is 9.65. The first-order valence-electron chi connectivity index (χ1n) is 4.62. The van der Waals surface area contributed by atoms with Crippen molar-refractivity contribution in [2.45, 2.75) is 13.0 Å². The van der Waals surface area contributed by atoms with Gasteiger partial charge in [0, 0.05) is 5.03 Å². The first kappa shape index (κ1) is 11.8. The monoisotopic (exact) mass is 220 g/mol. The number of aliphatic hydroxyl groups is 1. The first-order chi connectivity index (χ1) is 7.16. The minimum Gasteiger partial charge on any atom is -0.384 e. The summed E-state index contributed by atoms with van der Waals surface area (Å²) in [5.74, 6) is 0. The molecule has 0 saturated carbocycles. The predicted molar refractivity (Wildman–Crippen MR) is 64.6 cm³/mol. The van der Waals surface area contributed by atoms with Crippen molar-refractivity contribution < 1.29 is 5.11 Å². The number of hydrogen-bond donors (Lipinski definition) is 1. The van der Waals surface area contributed by atoms with Crippen molar-refractivity contribution in [2.24, 2.45) is 0 Å². The highest BCUT2D eigenvalue weighted by Gasteiger charge is 2.08. The molecule has 2 heteroatoms. The molecular formula is C13H13ClO. The Labute approximate surface area is 95.0 Å². The third-order valence-electron chi connectivity index (χ3n) is 2.09. The average molecular weight is 221 g/mol. The minimum absolute atomic E-state index is 0.564. The summed E-state index contributed by atoms with van der Waals surface area (Å²) in [6.45, 7) is 5.19. The zero-order valence-corrected chi connectivity index (χ0v) is 9.33. The SMILES string of the molecule is C=C=CC(O)/C(C)=C(\Cl)c1ccccc1.